The van der Waals surface area contributed by atoms with Crippen LogP contribution in [0, 0.1) is 0 Å². The summed E-state index contributed by atoms with van der Waals surface area (Å²) in [6.45, 7) is 1.79. The van der Waals surface area contributed by atoms with E-state index in [0.717, 1.165) is 20.1 Å². The van der Waals surface area contributed by atoms with Gasteiger partial charge in [-0.25, -0.2) is 0 Å². The van der Waals surface area contributed by atoms with Gasteiger partial charge in [0.25, 0.3) is 5.91 Å². The van der Waals surface area contributed by atoms with Crippen LogP contribution in [0.5, 0.6) is 0 Å². The third kappa shape index (κ3) is 5.88. The second kappa shape index (κ2) is 9.81. The van der Waals surface area contributed by atoms with E-state index in [9.17, 15) is 9.59 Å². The van der Waals surface area contributed by atoms with E-state index in [1.165, 1.54) is 23.1 Å². The average molecular weight is 477 g/mol. The molecule has 0 saturated heterocycles. The Morgan fingerprint density at radius 1 is 1.04 bits per heavy atom. The number of aromatic nitrogens is 2. The molecule has 2 N–H and O–H groups in total. The fourth-order valence-electron chi connectivity index (χ4n) is 2.16. The second-order valence-electron chi connectivity index (χ2n) is 5.72. The lowest BCUT2D eigenvalue weighted by atomic mass is 10.1. The summed E-state index contributed by atoms with van der Waals surface area (Å²) in [6, 6.07) is 14.9. The molecule has 3 aromatic rings. The van der Waals surface area contributed by atoms with E-state index in [4.69, 9.17) is 0 Å². The Hall–Kier alpha value is -2.23. The third-order valence-corrected chi connectivity index (χ3v) is 6.23. The van der Waals surface area contributed by atoms with Crippen molar-refractivity contribution in [2.24, 2.45) is 0 Å². The molecule has 0 aliphatic carbocycles. The van der Waals surface area contributed by atoms with Gasteiger partial charge in [-0.3, -0.25) is 9.59 Å². The minimum atomic E-state index is -0.151. The third-order valence-electron chi connectivity index (χ3n) is 3.65. The first-order valence-corrected chi connectivity index (χ1v) is 11.0. The van der Waals surface area contributed by atoms with Crippen LogP contribution in [0.4, 0.5) is 10.8 Å². The molecule has 28 heavy (non-hydrogen) atoms. The van der Waals surface area contributed by atoms with Crippen LogP contribution in [0.3, 0.4) is 0 Å². The zero-order valence-corrected chi connectivity index (χ0v) is 18.2. The highest BCUT2D eigenvalue weighted by Gasteiger charge is 2.09. The summed E-state index contributed by atoms with van der Waals surface area (Å²) in [4.78, 5) is 23.7. The molecule has 0 saturated carbocycles. The highest BCUT2D eigenvalue weighted by Crippen LogP contribution is 2.28. The minimum Gasteiger partial charge on any atom is -0.322 e. The summed E-state index contributed by atoms with van der Waals surface area (Å²) >= 11 is 6.25. The van der Waals surface area contributed by atoms with Crippen molar-refractivity contribution >= 4 is 61.7 Å². The maximum Gasteiger partial charge on any atom is 0.255 e. The van der Waals surface area contributed by atoms with Crippen LogP contribution in [-0.2, 0) is 10.5 Å². The largest absolute Gasteiger partial charge is 0.322 e. The number of carbonyl (C=O) groups excluding carboxylic acids is 2. The Morgan fingerprint density at radius 2 is 1.75 bits per heavy atom. The minimum absolute atomic E-state index is 0.0790. The van der Waals surface area contributed by atoms with Crippen molar-refractivity contribution < 1.29 is 9.59 Å². The van der Waals surface area contributed by atoms with Crippen molar-refractivity contribution in [3.05, 3.63) is 64.1 Å². The van der Waals surface area contributed by atoms with Crippen LogP contribution in [0.15, 0.2) is 57.3 Å². The molecule has 0 fully saturated rings. The van der Waals surface area contributed by atoms with Crippen molar-refractivity contribution in [3.8, 4) is 0 Å². The van der Waals surface area contributed by atoms with Gasteiger partial charge in [0, 0.05) is 27.9 Å². The van der Waals surface area contributed by atoms with Crippen molar-refractivity contribution in [2.75, 3.05) is 10.6 Å². The molecule has 0 aliphatic heterocycles. The first-order chi connectivity index (χ1) is 13.5. The molecule has 144 valence electrons. The standard InChI is InChI=1S/C19H17BrN4O2S2/c1-2-16(25)22-18-23-24-19(28-18)27-11-12-3-5-13(6-4-12)17(26)21-15-9-7-14(20)8-10-15/h3-10H,2,11H2,1H3,(H,21,26)(H,22,23,25). The van der Waals surface area contributed by atoms with Gasteiger partial charge >= 0.3 is 0 Å². The Labute approximate surface area is 179 Å². The Kier molecular flexibility index (Phi) is 7.18. The molecular formula is C19H17BrN4O2S2. The summed E-state index contributed by atoms with van der Waals surface area (Å²) in [5, 5.41) is 14.1. The van der Waals surface area contributed by atoms with E-state index >= 15 is 0 Å². The summed E-state index contributed by atoms with van der Waals surface area (Å²) in [5.41, 5.74) is 2.41. The molecule has 0 atom stereocenters. The summed E-state index contributed by atoms with van der Waals surface area (Å²) in [6.07, 6.45) is 0.407. The Balaban J connectivity index is 1.53. The summed E-state index contributed by atoms with van der Waals surface area (Å²) < 4.78 is 1.74. The number of amides is 2. The zero-order valence-electron chi connectivity index (χ0n) is 14.9. The van der Waals surface area contributed by atoms with Crippen LogP contribution in [0.25, 0.3) is 0 Å². The molecule has 0 aliphatic rings. The topological polar surface area (TPSA) is 84.0 Å². The number of halogens is 1. The van der Waals surface area contributed by atoms with Gasteiger partial charge in [-0.2, -0.15) is 0 Å². The van der Waals surface area contributed by atoms with Crippen molar-refractivity contribution in [1.29, 1.82) is 0 Å². The van der Waals surface area contributed by atoms with Crippen LogP contribution >= 0.6 is 39.0 Å². The highest BCUT2D eigenvalue weighted by molar-refractivity contribution is 9.10. The smallest absolute Gasteiger partial charge is 0.255 e. The first kappa shape index (κ1) is 20.5. The van der Waals surface area contributed by atoms with E-state index < -0.39 is 0 Å². The predicted molar refractivity (Wildman–Crippen MR) is 117 cm³/mol. The van der Waals surface area contributed by atoms with Gasteiger partial charge in [-0.05, 0) is 42.0 Å². The summed E-state index contributed by atoms with van der Waals surface area (Å²) in [7, 11) is 0. The molecule has 0 bridgehead atoms. The molecule has 3 rings (SSSR count). The van der Waals surface area contributed by atoms with Crippen molar-refractivity contribution in [2.45, 2.75) is 23.4 Å². The molecule has 1 aromatic heterocycles. The number of carbonyl (C=O) groups is 2. The number of rotatable bonds is 7. The molecule has 1 heterocycles. The SMILES string of the molecule is CCC(=O)Nc1nnc(SCc2ccc(C(=O)Nc3ccc(Br)cc3)cc2)s1. The molecule has 0 radical (unpaired) electrons. The number of nitrogens with one attached hydrogen (secondary N) is 2. The molecule has 6 nitrogen and oxygen atoms in total. The van der Waals surface area contributed by atoms with Crippen LogP contribution in [0.2, 0.25) is 0 Å². The first-order valence-electron chi connectivity index (χ1n) is 8.45. The lowest BCUT2D eigenvalue weighted by Crippen LogP contribution is -2.11. The maximum absolute atomic E-state index is 12.3. The molecule has 2 aromatic carbocycles. The number of thioether (sulfide) groups is 1. The number of benzene rings is 2. The molecule has 0 unspecified atom stereocenters. The number of hydrogen-bond donors (Lipinski definition) is 2. The number of anilines is 2. The van der Waals surface area contributed by atoms with Crippen molar-refractivity contribution in [1.82, 2.24) is 10.2 Å². The highest BCUT2D eigenvalue weighted by atomic mass is 79.9. The van der Waals surface area contributed by atoms with Gasteiger partial charge in [0.1, 0.15) is 0 Å². The van der Waals surface area contributed by atoms with E-state index in [-0.39, 0.29) is 11.8 Å². The van der Waals surface area contributed by atoms with E-state index in [1.54, 1.807) is 19.1 Å². The van der Waals surface area contributed by atoms with E-state index in [2.05, 4.69) is 36.8 Å². The predicted octanol–water partition coefficient (Wildman–Crippen LogP) is 5.19. The average Bonchev–Trinajstić information content (AvgIpc) is 3.15. The normalized spacial score (nSPS) is 10.5. The second-order valence-corrected chi connectivity index (χ2v) is 8.84. The van der Waals surface area contributed by atoms with E-state index in [1.807, 2.05) is 36.4 Å². The van der Waals surface area contributed by atoms with Gasteiger partial charge in [0.05, 0.1) is 0 Å². The quantitative estimate of drug-likeness (QED) is 0.361. The fraction of sp³-hybridized carbons (Fsp3) is 0.158. The van der Waals surface area contributed by atoms with Crippen molar-refractivity contribution in [3.63, 3.8) is 0 Å². The summed E-state index contributed by atoms with van der Waals surface area (Å²) in [5.74, 6) is 0.469. The van der Waals surface area contributed by atoms with Gasteiger partial charge in [-0.15, -0.1) is 10.2 Å². The van der Waals surface area contributed by atoms with Gasteiger partial charge in [0.15, 0.2) is 4.34 Å². The van der Waals surface area contributed by atoms with Gasteiger partial charge in [-0.1, -0.05) is 58.1 Å². The Morgan fingerprint density at radius 3 is 2.43 bits per heavy atom. The molecule has 2 amide bonds. The fourth-order valence-corrected chi connectivity index (χ4v) is 4.15. The van der Waals surface area contributed by atoms with Crippen LogP contribution in [0.1, 0.15) is 29.3 Å². The molecule has 9 heteroatoms. The van der Waals surface area contributed by atoms with E-state index in [0.29, 0.717) is 22.9 Å². The molecule has 0 spiro atoms. The van der Waals surface area contributed by atoms with Gasteiger partial charge in [0.2, 0.25) is 11.0 Å². The maximum atomic E-state index is 12.3. The number of nitrogens with zero attached hydrogens (tertiary/aromatic N) is 2. The lowest BCUT2D eigenvalue weighted by Gasteiger charge is -2.06. The van der Waals surface area contributed by atoms with Gasteiger partial charge < -0.3 is 10.6 Å². The monoisotopic (exact) mass is 476 g/mol. The zero-order chi connectivity index (χ0) is 19.9. The Bertz CT molecular complexity index is 959. The van der Waals surface area contributed by atoms with Crippen LogP contribution < -0.4 is 10.6 Å². The van der Waals surface area contributed by atoms with Crippen LogP contribution in [-0.4, -0.2) is 22.0 Å². The lowest BCUT2D eigenvalue weighted by molar-refractivity contribution is -0.115. The molecular weight excluding hydrogens is 460 g/mol. The number of hydrogen-bond acceptors (Lipinski definition) is 6.